The van der Waals surface area contributed by atoms with E-state index in [-0.39, 0.29) is 21.8 Å². The van der Waals surface area contributed by atoms with Crippen LogP contribution in [-0.4, -0.2) is 19.4 Å². The normalized spacial score (nSPS) is 26.0. The molecule has 8 heteroatoms. The number of hydrazine groups is 1. The number of pyridine rings is 1. The zero-order valence-electron chi connectivity index (χ0n) is 12.1. The number of hydrogen-bond donors (Lipinski definition) is 3. The van der Waals surface area contributed by atoms with Crippen molar-refractivity contribution in [3.05, 3.63) is 17.3 Å². The molecule has 0 aromatic carbocycles. The van der Waals surface area contributed by atoms with E-state index in [0.717, 1.165) is 19.3 Å². The van der Waals surface area contributed by atoms with Crippen molar-refractivity contribution in [1.29, 1.82) is 0 Å². The fraction of sp³-hybridized carbons (Fsp3) is 0.615. The van der Waals surface area contributed by atoms with E-state index in [0.29, 0.717) is 11.8 Å². The van der Waals surface area contributed by atoms with Crippen molar-refractivity contribution in [3.63, 3.8) is 0 Å². The molecule has 21 heavy (non-hydrogen) atoms. The highest BCUT2D eigenvalue weighted by atomic mass is 35.5. The van der Waals surface area contributed by atoms with Crippen LogP contribution >= 0.6 is 11.6 Å². The summed E-state index contributed by atoms with van der Waals surface area (Å²) in [4.78, 5) is 3.95. The van der Waals surface area contributed by atoms with Crippen LogP contribution in [0.15, 0.2) is 17.2 Å². The molecule has 1 aromatic rings. The molecule has 1 aromatic heterocycles. The number of halogens is 1. The molecule has 3 atom stereocenters. The minimum absolute atomic E-state index is 0.0361. The summed E-state index contributed by atoms with van der Waals surface area (Å²) in [6.45, 7) is 4.24. The fourth-order valence-electron chi connectivity index (χ4n) is 2.93. The largest absolute Gasteiger partial charge is 0.307 e. The lowest BCUT2D eigenvalue weighted by Crippen LogP contribution is -2.37. The van der Waals surface area contributed by atoms with Crippen molar-refractivity contribution in [3.8, 4) is 0 Å². The molecule has 3 unspecified atom stereocenters. The first kappa shape index (κ1) is 16.5. The summed E-state index contributed by atoms with van der Waals surface area (Å²) >= 11 is 5.93. The molecule has 2 rings (SSSR count). The molecular formula is C13H21ClN4O2S. The molecular weight excluding hydrogens is 312 g/mol. The molecule has 118 valence electrons. The quantitative estimate of drug-likeness (QED) is 0.567. The maximum Gasteiger partial charge on any atom is 0.242 e. The Morgan fingerprint density at radius 2 is 2.19 bits per heavy atom. The molecule has 4 N–H and O–H groups in total. The Morgan fingerprint density at radius 1 is 1.48 bits per heavy atom. The molecule has 1 heterocycles. The van der Waals surface area contributed by atoms with Crippen molar-refractivity contribution < 1.29 is 8.42 Å². The second kappa shape index (κ2) is 6.48. The lowest BCUT2D eigenvalue weighted by Gasteiger charge is -2.21. The van der Waals surface area contributed by atoms with Crippen molar-refractivity contribution in [2.24, 2.45) is 17.7 Å². The third-order valence-electron chi connectivity index (χ3n) is 4.32. The van der Waals surface area contributed by atoms with Gasteiger partial charge in [-0.25, -0.2) is 24.0 Å². The lowest BCUT2D eigenvalue weighted by atomic mass is 9.94. The molecule has 0 saturated heterocycles. The minimum Gasteiger partial charge on any atom is -0.307 e. The zero-order chi connectivity index (χ0) is 15.6. The topological polar surface area (TPSA) is 97.1 Å². The molecule has 0 aliphatic heterocycles. The van der Waals surface area contributed by atoms with Crippen LogP contribution in [0.4, 0.5) is 5.82 Å². The van der Waals surface area contributed by atoms with E-state index in [4.69, 9.17) is 17.4 Å². The summed E-state index contributed by atoms with van der Waals surface area (Å²) in [6, 6.07) is 1.31. The second-order valence-corrected chi connectivity index (χ2v) is 7.60. The third kappa shape index (κ3) is 3.48. The third-order valence-corrected chi connectivity index (χ3v) is 6.07. The monoisotopic (exact) mass is 332 g/mol. The molecule has 1 fully saturated rings. The minimum atomic E-state index is -3.62. The molecule has 0 amide bonds. The van der Waals surface area contributed by atoms with Crippen molar-refractivity contribution in [2.45, 2.75) is 44.0 Å². The van der Waals surface area contributed by atoms with E-state index in [9.17, 15) is 8.42 Å². The number of nitrogens with one attached hydrogen (secondary N) is 2. The van der Waals surface area contributed by atoms with Gasteiger partial charge in [-0.15, -0.1) is 0 Å². The predicted octanol–water partition coefficient (Wildman–Crippen LogP) is 2.12. The van der Waals surface area contributed by atoms with Crippen LogP contribution in [0, 0.1) is 11.8 Å². The summed E-state index contributed by atoms with van der Waals surface area (Å²) in [5.41, 5.74) is 2.31. The van der Waals surface area contributed by atoms with Crippen LogP contribution < -0.4 is 16.0 Å². The highest BCUT2D eigenvalue weighted by Gasteiger charge is 2.34. The number of sulfonamides is 1. The van der Waals surface area contributed by atoms with Gasteiger partial charge >= 0.3 is 0 Å². The first-order chi connectivity index (χ1) is 9.89. The summed E-state index contributed by atoms with van der Waals surface area (Å²) < 4.78 is 27.6. The van der Waals surface area contributed by atoms with Gasteiger partial charge in [0.05, 0.1) is 5.02 Å². The van der Waals surface area contributed by atoms with Crippen molar-refractivity contribution in [1.82, 2.24) is 9.71 Å². The van der Waals surface area contributed by atoms with E-state index < -0.39 is 10.0 Å². The number of aromatic nitrogens is 1. The van der Waals surface area contributed by atoms with Crippen LogP contribution in [0.25, 0.3) is 0 Å². The second-order valence-electron chi connectivity index (χ2n) is 5.48. The van der Waals surface area contributed by atoms with E-state index >= 15 is 0 Å². The first-order valence-corrected chi connectivity index (χ1v) is 8.89. The predicted molar refractivity (Wildman–Crippen MR) is 83.3 cm³/mol. The molecule has 1 saturated carbocycles. The van der Waals surface area contributed by atoms with Gasteiger partial charge in [0.2, 0.25) is 10.0 Å². The van der Waals surface area contributed by atoms with Crippen molar-refractivity contribution >= 4 is 27.4 Å². The molecule has 0 bridgehead atoms. The van der Waals surface area contributed by atoms with Crippen LogP contribution in [0.5, 0.6) is 0 Å². The number of nitrogens with zero attached hydrogens (tertiary/aromatic N) is 1. The van der Waals surface area contributed by atoms with E-state index in [1.165, 1.54) is 12.3 Å². The molecule has 1 aliphatic rings. The maximum absolute atomic E-state index is 12.4. The highest BCUT2D eigenvalue weighted by Crippen LogP contribution is 2.34. The van der Waals surface area contributed by atoms with Crippen LogP contribution in [0.1, 0.15) is 33.1 Å². The molecule has 6 nitrogen and oxygen atoms in total. The number of nitrogens with two attached hydrogens (primary N) is 1. The zero-order valence-corrected chi connectivity index (χ0v) is 13.7. The van der Waals surface area contributed by atoms with E-state index in [1.54, 1.807) is 0 Å². The lowest BCUT2D eigenvalue weighted by molar-refractivity contribution is 0.368. The average molecular weight is 333 g/mol. The van der Waals surface area contributed by atoms with Crippen LogP contribution in [0.3, 0.4) is 0 Å². The summed E-state index contributed by atoms with van der Waals surface area (Å²) in [5.74, 6) is 6.38. The Bertz CT molecular complexity index is 608. The maximum atomic E-state index is 12.4. The fourth-order valence-corrected chi connectivity index (χ4v) is 4.55. The van der Waals surface area contributed by atoms with Crippen molar-refractivity contribution in [2.75, 3.05) is 5.43 Å². The van der Waals surface area contributed by atoms with Gasteiger partial charge < -0.3 is 5.43 Å². The molecule has 0 radical (unpaired) electrons. The first-order valence-electron chi connectivity index (χ1n) is 7.03. The number of rotatable bonds is 5. The molecule has 0 spiro atoms. The smallest absolute Gasteiger partial charge is 0.242 e. The van der Waals surface area contributed by atoms with E-state index in [2.05, 4.69) is 29.0 Å². The summed E-state index contributed by atoms with van der Waals surface area (Å²) in [7, 11) is -3.62. The van der Waals surface area contributed by atoms with Gasteiger partial charge in [-0.3, -0.25) is 0 Å². The van der Waals surface area contributed by atoms with Gasteiger partial charge in [-0.05, 0) is 30.7 Å². The Morgan fingerprint density at radius 3 is 2.71 bits per heavy atom. The van der Waals surface area contributed by atoms with Gasteiger partial charge in [0.1, 0.15) is 4.90 Å². The standard InChI is InChI=1S/C13H21ClN4O2S/c1-3-9-4-5-12(8(9)2)18-21(19,20)10-6-11(14)13(17-15)16-7-10/h6-9,12,18H,3-5,15H2,1-2H3,(H,16,17). The van der Waals surface area contributed by atoms with Gasteiger partial charge in [0.25, 0.3) is 0 Å². The van der Waals surface area contributed by atoms with Gasteiger partial charge in [-0.2, -0.15) is 0 Å². The van der Waals surface area contributed by atoms with Crippen LogP contribution in [-0.2, 0) is 10.0 Å². The van der Waals surface area contributed by atoms with Gasteiger partial charge in [-0.1, -0.05) is 31.9 Å². The summed E-state index contributed by atoms with van der Waals surface area (Å²) in [5, 5.41) is 0.172. The van der Waals surface area contributed by atoms with E-state index in [1.807, 2.05) is 0 Å². The number of hydrogen-bond acceptors (Lipinski definition) is 5. The van der Waals surface area contributed by atoms with Gasteiger partial charge in [0, 0.05) is 12.2 Å². The molecule has 1 aliphatic carbocycles. The Labute approximate surface area is 130 Å². The Kier molecular flexibility index (Phi) is 5.08. The average Bonchev–Trinajstić information content (AvgIpc) is 2.79. The van der Waals surface area contributed by atoms with Crippen LogP contribution in [0.2, 0.25) is 5.02 Å². The summed E-state index contributed by atoms with van der Waals surface area (Å²) in [6.07, 6.45) is 4.24. The number of nitrogen functional groups attached to an aromatic ring is 1. The van der Waals surface area contributed by atoms with Gasteiger partial charge in [0.15, 0.2) is 5.82 Å². The Hall–Kier alpha value is -0.890. The SMILES string of the molecule is CCC1CCC(NS(=O)(=O)c2cnc(NN)c(Cl)c2)C1C. The number of anilines is 1. The highest BCUT2D eigenvalue weighted by molar-refractivity contribution is 7.89. The Balaban J connectivity index is 2.17.